The summed E-state index contributed by atoms with van der Waals surface area (Å²) < 4.78 is 1.59. The number of aryl methyl sites for hydroxylation is 1. The van der Waals surface area contributed by atoms with E-state index < -0.39 is 5.97 Å². The highest BCUT2D eigenvalue weighted by molar-refractivity contribution is 7.07. The Hall–Kier alpha value is -1.66. The van der Waals surface area contributed by atoms with Crippen molar-refractivity contribution in [1.82, 2.24) is 15.1 Å². The van der Waals surface area contributed by atoms with E-state index in [2.05, 4.69) is 15.8 Å². The zero-order valence-corrected chi connectivity index (χ0v) is 10.2. The van der Waals surface area contributed by atoms with E-state index in [-0.39, 0.29) is 5.56 Å². The van der Waals surface area contributed by atoms with E-state index in [9.17, 15) is 4.79 Å². The molecule has 2 rings (SSSR count). The molecule has 0 aliphatic heterocycles. The first kappa shape index (κ1) is 11.8. The largest absolute Gasteiger partial charge is 0.478 e. The maximum atomic E-state index is 10.9. The molecule has 0 atom stereocenters. The third-order valence-corrected chi connectivity index (χ3v) is 3.23. The Morgan fingerprint density at radius 2 is 2.41 bits per heavy atom. The molecule has 0 radical (unpaired) electrons. The molecule has 2 aromatic heterocycles. The third-order valence-electron chi connectivity index (χ3n) is 2.49. The predicted molar refractivity (Wildman–Crippen MR) is 65.0 cm³/mol. The van der Waals surface area contributed by atoms with Crippen molar-refractivity contribution in [3.63, 3.8) is 0 Å². The summed E-state index contributed by atoms with van der Waals surface area (Å²) >= 11 is 1.65. The van der Waals surface area contributed by atoms with Crippen molar-refractivity contribution in [3.05, 3.63) is 39.8 Å². The summed E-state index contributed by atoms with van der Waals surface area (Å²) in [4.78, 5) is 10.9. The lowest BCUT2D eigenvalue weighted by Gasteiger charge is -2.05. The minimum absolute atomic E-state index is 0.255. The highest BCUT2D eigenvalue weighted by Gasteiger charge is 2.14. The Morgan fingerprint density at radius 3 is 3.06 bits per heavy atom. The molecule has 90 valence electrons. The standard InChI is InChI=1S/C11H13N3O2S/c1-14-10(9(5-13-14)11(15)16)6-12-4-8-2-3-17-7-8/h2-3,5,7,12H,4,6H2,1H3,(H,15,16). The molecule has 2 aromatic rings. The molecule has 2 heterocycles. The zero-order valence-electron chi connectivity index (χ0n) is 9.38. The lowest BCUT2D eigenvalue weighted by molar-refractivity contribution is 0.0695. The Morgan fingerprint density at radius 1 is 1.59 bits per heavy atom. The van der Waals surface area contributed by atoms with Gasteiger partial charge in [-0.1, -0.05) is 0 Å². The van der Waals surface area contributed by atoms with Crippen LogP contribution in [-0.2, 0) is 20.1 Å². The molecule has 17 heavy (non-hydrogen) atoms. The number of thiophene rings is 1. The number of carboxylic acid groups (broad SMARTS) is 1. The number of hydrogen-bond donors (Lipinski definition) is 2. The molecular weight excluding hydrogens is 238 g/mol. The summed E-state index contributed by atoms with van der Waals surface area (Å²) in [7, 11) is 1.74. The van der Waals surface area contributed by atoms with Gasteiger partial charge in [0.05, 0.1) is 11.9 Å². The maximum Gasteiger partial charge on any atom is 0.339 e. The molecule has 0 aromatic carbocycles. The van der Waals surface area contributed by atoms with Crippen LogP contribution in [-0.4, -0.2) is 20.9 Å². The normalized spacial score (nSPS) is 10.6. The molecule has 0 fully saturated rings. The summed E-state index contributed by atoms with van der Waals surface area (Å²) in [5, 5.41) is 20.2. The van der Waals surface area contributed by atoms with Crippen LogP contribution in [0.2, 0.25) is 0 Å². The average Bonchev–Trinajstić information content (AvgIpc) is 2.89. The summed E-state index contributed by atoms with van der Waals surface area (Å²) in [6, 6.07) is 2.04. The van der Waals surface area contributed by atoms with Crippen LogP contribution in [0.25, 0.3) is 0 Å². The first-order valence-corrected chi connectivity index (χ1v) is 6.08. The summed E-state index contributed by atoms with van der Waals surface area (Å²) in [6.45, 7) is 1.22. The van der Waals surface area contributed by atoms with E-state index in [1.165, 1.54) is 11.8 Å². The van der Waals surface area contributed by atoms with E-state index in [0.29, 0.717) is 12.2 Å². The zero-order chi connectivity index (χ0) is 12.3. The fourth-order valence-corrected chi connectivity index (χ4v) is 2.24. The first-order chi connectivity index (χ1) is 8.18. The quantitative estimate of drug-likeness (QED) is 0.844. The van der Waals surface area contributed by atoms with Gasteiger partial charge in [-0.15, -0.1) is 0 Å². The Labute approximate surface area is 103 Å². The predicted octanol–water partition coefficient (Wildman–Crippen LogP) is 1.47. The Kier molecular flexibility index (Phi) is 3.55. The van der Waals surface area contributed by atoms with Gasteiger partial charge in [-0.05, 0) is 22.4 Å². The van der Waals surface area contributed by atoms with Gasteiger partial charge in [0.15, 0.2) is 0 Å². The van der Waals surface area contributed by atoms with E-state index in [1.54, 1.807) is 23.1 Å². The molecular formula is C11H13N3O2S. The van der Waals surface area contributed by atoms with Crippen LogP contribution in [0.4, 0.5) is 0 Å². The number of nitrogens with zero attached hydrogens (tertiary/aromatic N) is 2. The fourth-order valence-electron chi connectivity index (χ4n) is 1.57. The van der Waals surface area contributed by atoms with Crippen molar-refractivity contribution in [2.75, 3.05) is 0 Å². The summed E-state index contributed by atoms with van der Waals surface area (Å²) in [5.74, 6) is -0.939. The minimum Gasteiger partial charge on any atom is -0.478 e. The summed E-state index contributed by atoms with van der Waals surface area (Å²) in [6.07, 6.45) is 1.38. The maximum absolute atomic E-state index is 10.9. The van der Waals surface area contributed by atoms with Crippen molar-refractivity contribution in [3.8, 4) is 0 Å². The fraction of sp³-hybridized carbons (Fsp3) is 0.273. The molecule has 0 saturated carbocycles. The van der Waals surface area contributed by atoms with Crippen LogP contribution in [0.5, 0.6) is 0 Å². The molecule has 0 saturated heterocycles. The van der Waals surface area contributed by atoms with Gasteiger partial charge < -0.3 is 10.4 Å². The van der Waals surface area contributed by atoms with Crippen LogP contribution in [0.1, 0.15) is 21.6 Å². The van der Waals surface area contributed by atoms with Gasteiger partial charge in [0.2, 0.25) is 0 Å². The smallest absolute Gasteiger partial charge is 0.339 e. The van der Waals surface area contributed by atoms with E-state index >= 15 is 0 Å². The SMILES string of the molecule is Cn1ncc(C(=O)O)c1CNCc1ccsc1. The average molecular weight is 251 g/mol. The van der Waals surface area contributed by atoms with Crippen LogP contribution in [0, 0.1) is 0 Å². The lowest BCUT2D eigenvalue weighted by atomic mass is 10.2. The monoisotopic (exact) mass is 251 g/mol. The number of carboxylic acids is 1. The van der Waals surface area contributed by atoms with Gasteiger partial charge in [-0.2, -0.15) is 16.4 Å². The van der Waals surface area contributed by atoms with E-state index in [4.69, 9.17) is 5.11 Å². The highest BCUT2D eigenvalue weighted by Crippen LogP contribution is 2.09. The van der Waals surface area contributed by atoms with E-state index in [0.717, 1.165) is 6.54 Å². The molecule has 0 aliphatic rings. The molecule has 6 heteroatoms. The van der Waals surface area contributed by atoms with Gasteiger partial charge in [0, 0.05) is 20.1 Å². The van der Waals surface area contributed by atoms with Gasteiger partial charge >= 0.3 is 5.97 Å². The number of hydrogen-bond acceptors (Lipinski definition) is 4. The van der Waals surface area contributed by atoms with Gasteiger partial charge in [-0.3, -0.25) is 4.68 Å². The molecule has 0 amide bonds. The van der Waals surface area contributed by atoms with Crippen molar-refractivity contribution in [1.29, 1.82) is 0 Å². The van der Waals surface area contributed by atoms with Crippen LogP contribution >= 0.6 is 11.3 Å². The molecule has 0 bridgehead atoms. The molecule has 5 nitrogen and oxygen atoms in total. The van der Waals surface area contributed by atoms with Gasteiger partial charge in [0.1, 0.15) is 5.56 Å². The first-order valence-electron chi connectivity index (χ1n) is 5.14. The number of aromatic nitrogens is 2. The van der Waals surface area contributed by atoms with Crippen LogP contribution in [0.15, 0.2) is 23.0 Å². The van der Waals surface area contributed by atoms with Crippen molar-refractivity contribution < 1.29 is 9.90 Å². The van der Waals surface area contributed by atoms with Crippen molar-refractivity contribution >= 4 is 17.3 Å². The molecule has 0 aliphatic carbocycles. The molecule has 2 N–H and O–H groups in total. The second-order valence-electron chi connectivity index (χ2n) is 3.67. The molecule has 0 spiro atoms. The van der Waals surface area contributed by atoms with Crippen LogP contribution in [0.3, 0.4) is 0 Å². The van der Waals surface area contributed by atoms with Gasteiger partial charge in [0.25, 0.3) is 0 Å². The minimum atomic E-state index is -0.939. The lowest BCUT2D eigenvalue weighted by Crippen LogP contribution is -2.17. The second-order valence-corrected chi connectivity index (χ2v) is 4.45. The van der Waals surface area contributed by atoms with Crippen LogP contribution < -0.4 is 5.32 Å². The Bertz CT molecular complexity index is 505. The number of carbonyl (C=O) groups is 1. The van der Waals surface area contributed by atoms with Crippen molar-refractivity contribution in [2.24, 2.45) is 7.05 Å². The number of aromatic carboxylic acids is 1. The van der Waals surface area contributed by atoms with Gasteiger partial charge in [-0.25, -0.2) is 4.79 Å². The topological polar surface area (TPSA) is 67.2 Å². The number of nitrogens with one attached hydrogen (secondary N) is 1. The highest BCUT2D eigenvalue weighted by atomic mass is 32.1. The molecule has 0 unspecified atom stereocenters. The third kappa shape index (κ3) is 2.72. The van der Waals surface area contributed by atoms with E-state index in [1.807, 2.05) is 11.4 Å². The summed E-state index contributed by atoms with van der Waals surface area (Å²) in [5.41, 5.74) is 2.15. The van der Waals surface area contributed by atoms with Crippen molar-refractivity contribution in [2.45, 2.75) is 13.1 Å². The second kappa shape index (κ2) is 5.11. The number of rotatable bonds is 5. The Balaban J connectivity index is 1.99.